The van der Waals surface area contributed by atoms with Gasteiger partial charge in [0, 0.05) is 17.1 Å². The third-order valence-corrected chi connectivity index (χ3v) is 7.64. The number of ether oxygens (including phenoxy) is 2. The van der Waals surface area contributed by atoms with Crippen LogP contribution in [0.15, 0.2) is 121 Å². The minimum Gasteiger partial charge on any atom is -0.457 e. The van der Waals surface area contributed by atoms with Gasteiger partial charge in [0.05, 0.1) is 11.1 Å². The lowest BCUT2D eigenvalue weighted by molar-refractivity contribution is -0.365. The molecule has 4 nitrogen and oxygen atoms in total. The molecule has 0 N–H and O–H groups in total. The number of para-hydroxylation sites is 2. The molecular formula is C35H20F17NO3. The van der Waals surface area contributed by atoms with Crippen molar-refractivity contribution in [2.45, 2.75) is 48.8 Å². The zero-order chi connectivity index (χ0) is 42.1. The number of rotatable bonds is 10. The molecule has 0 bridgehead atoms. The molecule has 0 atom stereocenters. The van der Waals surface area contributed by atoms with Crippen molar-refractivity contribution in [3.05, 3.63) is 132 Å². The number of alkyl halides is 17. The molecule has 0 saturated heterocycles. The van der Waals surface area contributed by atoms with E-state index in [4.69, 9.17) is 4.74 Å². The minimum atomic E-state index is -8.31. The van der Waals surface area contributed by atoms with E-state index in [1.165, 1.54) is 12.1 Å². The molecule has 0 fully saturated rings. The first kappa shape index (κ1) is 43.2. The van der Waals surface area contributed by atoms with Crippen LogP contribution in [0.2, 0.25) is 0 Å². The Kier molecular flexibility index (Phi) is 11.7. The van der Waals surface area contributed by atoms with Crippen LogP contribution < -0.4 is 9.64 Å². The van der Waals surface area contributed by atoms with E-state index in [9.17, 15) is 79.4 Å². The summed E-state index contributed by atoms with van der Waals surface area (Å²) in [6.45, 7) is -0.487. The van der Waals surface area contributed by atoms with Gasteiger partial charge >= 0.3 is 48.2 Å². The highest BCUT2D eigenvalue weighted by atomic mass is 19.4. The summed E-state index contributed by atoms with van der Waals surface area (Å²) in [6.07, 6.45) is -39.8. The average Bonchev–Trinajstić information content (AvgIpc) is 3.09. The van der Waals surface area contributed by atoms with Gasteiger partial charge in [-0.2, -0.15) is 65.9 Å². The maximum absolute atomic E-state index is 14.9. The van der Waals surface area contributed by atoms with Gasteiger partial charge < -0.3 is 14.4 Å². The molecule has 0 amide bonds. The lowest BCUT2D eigenvalue weighted by Crippen LogP contribution is -2.67. The first-order valence-corrected chi connectivity index (χ1v) is 15.1. The fraction of sp³-hybridized carbons (Fsp3) is 0.229. The van der Waals surface area contributed by atoms with E-state index in [2.05, 4.69) is 4.74 Å². The number of hydrogen-bond donors (Lipinski definition) is 0. The molecule has 0 aliphatic rings. The smallest absolute Gasteiger partial charge is 0.449 e. The largest absolute Gasteiger partial charge is 0.457 e. The second kappa shape index (κ2) is 15.2. The summed E-state index contributed by atoms with van der Waals surface area (Å²) in [7, 11) is 0. The maximum Gasteiger partial charge on any atom is 0.449 e. The van der Waals surface area contributed by atoms with E-state index in [0.29, 0.717) is 23.4 Å². The van der Waals surface area contributed by atoms with Crippen LogP contribution in [0.25, 0.3) is 0 Å². The minimum absolute atomic E-state index is 0.0404. The summed E-state index contributed by atoms with van der Waals surface area (Å²) in [6, 6.07) is 25.3. The Bertz CT molecular complexity index is 1880. The molecule has 302 valence electrons. The average molecular weight is 826 g/mol. The quantitative estimate of drug-likeness (QED) is 0.0907. The van der Waals surface area contributed by atoms with Gasteiger partial charge in [-0.15, -0.1) is 0 Å². The molecule has 0 radical (unpaired) electrons. The molecule has 0 aliphatic heterocycles. The number of nitrogens with zero attached hydrogens (tertiary/aromatic N) is 1. The van der Waals surface area contributed by atoms with E-state index in [0.717, 1.165) is 11.4 Å². The van der Waals surface area contributed by atoms with Crippen molar-refractivity contribution in [3.8, 4) is 5.75 Å². The third-order valence-electron chi connectivity index (χ3n) is 7.64. The van der Waals surface area contributed by atoms with Gasteiger partial charge in [-0.05, 0) is 66.2 Å². The predicted octanol–water partition coefficient (Wildman–Crippen LogP) is 12.4. The van der Waals surface area contributed by atoms with E-state index in [1.54, 1.807) is 48.5 Å². The highest BCUT2D eigenvalue weighted by Gasteiger charge is 2.88. The van der Waals surface area contributed by atoms with Crippen LogP contribution in [0.5, 0.6) is 5.75 Å². The standard InChI is InChI=1S/C35H20F17NO3/c36-29(32(41,42)43,33(44,45)46)26(30(37,34(47,48)49)35(50,51)52)27(31(38,39)40)56-25-17-13-21(14-18-25)28(54)55-19-20-11-15-24(16-12-20)53(22-7-3-1-4-8-22)23-9-5-2-6-10-23/h1-18H,19H2. The number of hydrogen-bond acceptors (Lipinski definition) is 4. The van der Waals surface area contributed by atoms with Crippen LogP contribution in [0.4, 0.5) is 91.7 Å². The summed E-state index contributed by atoms with van der Waals surface area (Å²) in [5, 5.41) is 0. The highest BCUT2D eigenvalue weighted by Crippen LogP contribution is 2.63. The summed E-state index contributed by atoms with van der Waals surface area (Å²) in [5.74, 6) is -7.76. The van der Waals surface area contributed by atoms with Crippen molar-refractivity contribution < 1.29 is 88.9 Å². The van der Waals surface area contributed by atoms with Crippen LogP contribution in [0.1, 0.15) is 15.9 Å². The van der Waals surface area contributed by atoms with E-state index < -0.39 is 77.4 Å². The van der Waals surface area contributed by atoms with Gasteiger partial charge in [0.25, 0.3) is 0 Å². The van der Waals surface area contributed by atoms with Gasteiger partial charge in [-0.1, -0.05) is 48.5 Å². The topological polar surface area (TPSA) is 38.8 Å². The Labute approximate surface area is 303 Å². The van der Waals surface area contributed by atoms with Gasteiger partial charge in [0.2, 0.25) is 5.76 Å². The summed E-state index contributed by atoms with van der Waals surface area (Å²) >= 11 is 0. The zero-order valence-corrected chi connectivity index (χ0v) is 27.2. The Morgan fingerprint density at radius 2 is 0.857 bits per heavy atom. The Morgan fingerprint density at radius 1 is 0.482 bits per heavy atom. The van der Waals surface area contributed by atoms with E-state index >= 15 is 0 Å². The van der Waals surface area contributed by atoms with Crippen LogP contribution >= 0.6 is 0 Å². The fourth-order valence-electron chi connectivity index (χ4n) is 5.04. The molecule has 0 aromatic heterocycles. The highest BCUT2D eigenvalue weighted by molar-refractivity contribution is 5.89. The first-order valence-electron chi connectivity index (χ1n) is 15.1. The van der Waals surface area contributed by atoms with Crippen LogP contribution in [0.3, 0.4) is 0 Å². The summed E-state index contributed by atoms with van der Waals surface area (Å²) < 4.78 is 242. The molecule has 21 heteroatoms. The normalized spacial score (nSPS) is 13.2. The second-order valence-electron chi connectivity index (χ2n) is 11.4. The predicted molar refractivity (Wildman–Crippen MR) is 162 cm³/mol. The lowest BCUT2D eigenvalue weighted by Gasteiger charge is -2.41. The van der Waals surface area contributed by atoms with Crippen LogP contribution in [0, 0.1) is 0 Å². The van der Waals surface area contributed by atoms with Crippen LogP contribution in [-0.2, 0) is 11.3 Å². The van der Waals surface area contributed by atoms with Crippen molar-refractivity contribution >= 4 is 23.0 Å². The molecule has 0 unspecified atom stereocenters. The molecule has 0 heterocycles. The number of carbonyl (C=O) groups excluding carboxylic acids is 1. The molecule has 4 aromatic carbocycles. The number of anilines is 3. The molecule has 56 heavy (non-hydrogen) atoms. The number of esters is 1. The van der Waals surface area contributed by atoms with Crippen molar-refractivity contribution in [3.63, 3.8) is 0 Å². The molecule has 0 spiro atoms. The monoisotopic (exact) mass is 825 g/mol. The molecule has 4 aromatic rings. The first-order chi connectivity index (χ1) is 25.6. The molecule has 4 rings (SSSR count). The number of carbonyl (C=O) groups is 1. The van der Waals surface area contributed by atoms with E-state index in [-0.39, 0.29) is 12.1 Å². The summed E-state index contributed by atoms with van der Waals surface area (Å²) in [5.41, 5.74) is -20.3. The van der Waals surface area contributed by atoms with E-state index in [1.807, 2.05) is 29.2 Å². The van der Waals surface area contributed by atoms with Gasteiger partial charge in [0.15, 0.2) is 0 Å². The molecule has 0 saturated carbocycles. The third kappa shape index (κ3) is 8.49. The van der Waals surface area contributed by atoms with Crippen molar-refractivity contribution in [1.29, 1.82) is 0 Å². The Balaban J connectivity index is 1.67. The van der Waals surface area contributed by atoms with Crippen LogP contribution in [-0.4, -0.2) is 48.2 Å². The zero-order valence-electron chi connectivity index (χ0n) is 27.2. The van der Waals surface area contributed by atoms with Crippen molar-refractivity contribution in [2.75, 3.05) is 4.90 Å². The Morgan fingerprint density at radius 3 is 1.21 bits per heavy atom. The maximum atomic E-state index is 14.9. The van der Waals surface area contributed by atoms with Crippen molar-refractivity contribution in [2.24, 2.45) is 0 Å². The second-order valence-corrected chi connectivity index (χ2v) is 11.4. The molecule has 0 aliphatic carbocycles. The SMILES string of the molecule is O=C(OCc1ccc(N(c2ccccc2)c2ccccc2)cc1)c1ccc(OC(=C(C(F)(C(F)(F)F)C(F)(F)F)C(F)(C(F)(F)F)C(F)(F)F)C(F)(F)F)cc1. The van der Waals surface area contributed by atoms with Crippen molar-refractivity contribution in [1.82, 2.24) is 0 Å². The number of allylic oxidation sites excluding steroid dienone is 2. The Hall–Kier alpha value is -5.50. The number of halogens is 17. The lowest BCUT2D eigenvalue weighted by atomic mass is 9.79. The van der Waals surface area contributed by atoms with Gasteiger partial charge in [-0.25, -0.2) is 13.6 Å². The molecular weight excluding hydrogens is 805 g/mol. The summed E-state index contributed by atoms with van der Waals surface area (Å²) in [4.78, 5) is 14.5. The van der Waals surface area contributed by atoms with Gasteiger partial charge in [0.1, 0.15) is 12.4 Å². The van der Waals surface area contributed by atoms with Gasteiger partial charge in [-0.3, -0.25) is 0 Å². The fourth-order valence-corrected chi connectivity index (χ4v) is 5.04. The number of benzene rings is 4.